The van der Waals surface area contributed by atoms with Gasteiger partial charge in [-0.3, -0.25) is 9.69 Å². The van der Waals surface area contributed by atoms with Gasteiger partial charge in [0, 0.05) is 29.6 Å². The third-order valence-electron chi connectivity index (χ3n) is 7.03. The minimum absolute atomic E-state index is 0.0178. The summed E-state index contributed by atoms with van der Waals surface area (Å²) >= 11 is 0. The van der Waals surface area contributed by atoms with Crippen LogP contribution in [0.25, 0.3) is 10.9 Å². The van der Waals surface area contributed by atoms with Crippen molar-refractivity contribution < 1.29 is 9.47 Å². The summed E-state index contributed by atoms with van der Waals surface area (Å²) in [6.07, 6.45) is 6.79. The first-order chi connectivity index (χ1) is 16.3. The summed E-state index contributed by atoms with van der Waals surface area (Å²) in [7, 11) is 0. The van der Waals surface area contributed by atoms with Crippen LogP contribution in [-0.2, 0) is 12.1 Å². The van der Waals surface area contributed by atoms with E-state index in [2.05, 4.69) is 53.1 Å². The molecule has 5 rings (SSSR count). The van der Waals surface area contributed by atoms with E-state index in [1.807, 2.05) is 22.9 Å². The van der Waals surface area contributed by atoms with Gasteiger partial charge >= 0.3 is 0 Å². The zero-order valence-corrected chi connectivity index (χ0v) is 20.5. The summed E-state index contributed by atoms with van der Waals surface area (Å²) in [5.41, 5.74) is 1.20. The van der Waals surface area contributed by atoms with Gasteiger partial charge in [-0.15, -0.1) is 5.10 Å². The highest BCUT2D eigenvalue weighted by atomic mass is 16.7. The fourth-order valence-corrected chi connectivity index (χ4v) is 5.31. The summed E-state index contributed by atoms with van der Waals surface area (Å²) in [4.78, 5) is 18.7. The van der Waals surface area contributed by atoms with Crippen LogP contribution in [-0.4, -0.2) is 42.9 Å². The number of tetrazole rings is 1. The minimum Gasteiger partial charge on any atom is -0.454 e. The van der Waals surface area contributed by atoms with Crippen LogP contribution >= 0.6 is 0 Å². The molecule has 0 saturated heterocycles. The second-order valence-electron chi connectivity index (χ2n) is 10.4. The number of nitrogens with zero attached hydrogens (tertiary/aromatic N) is 5. The molecular formula is C25H34N6O3. The van der Waals surface area contributed by atoms with Crippen molar-refractivity contribution in [2.75, 3.05) is 6.79 Å². The zero-order chi connectivity index (χ0) is 23.9. The monoisotopic (exact) mass is 466 g/mol. The van der Waals surface area contributed by atoms with Crippen LogP contribution in [0.1, 0.15) is 83.6 Å². The second kappa shape index (κ2) is 9.02. The number of pyridine rings is 1. The Hall–Kier alpha value is -2.94. The largest absolute Gasteiger partial charge is 0.454 e. The highest BCUT2D eigenvalue weighted by Crippen LogP contribution is 2.37. The number of rotatable bonds is 6. The van der Waals surface area contributed by atoms with E-state index in [4.69, 9.17) is 9.47 Å². The smallest absolute Gasteiger partial charge is 0.252 e. The lowest BCUT2D eigenvalue weighted by atomic mass is 9.92. The van der Waals surface area contributed by atoms with E-state index in [-0.39, 0.29) is 23.9 Å². The van der Waals surface area contributed by atoms with Gasteiger partial charge < -0.3 is 14.5 Å². The quantitative estimate of drug-likeness (QED) is 0.579. The van der Waals surface area contributed by atoms with Gasteiger partial charge in [-0.25, -0.2) is 4.68 Å². The van der Waals surface area contributed by atoms with E-state index >= 15 is 0 Å². The summed E-state index contributed by atoms with van der Waals surface area (Å²) in [6, 6.07) is 6.18. The van der Waals surface area contributed by atoms with Crippen molar-refractivity contribution in [1.82, 2.24) is 30.1 Å². The second-order valence-corrected chi connectivity index (χ2v) is 10.4. The molecule has 1 saturated carbocycles. The first kappa shape index (κ1) is 22.8. The van der Waals surface area contributed by atoms with E-state index in [0.29, 0.717) is 24.1 Å². The minimum atomic E-state index is -0.229. The van der Waals surface area contributed by atoms with Crippen molar-refractivity contribution in [3.63, 3.8) is 0 Å². The average Bonchev–Trinajstić information content (AvgIpc) is 3.48. The first-order valence-corrected chi connectivity index (χ1v) is 12.3. The Morgan fingerprint density at radius 2 is 1.88 bits per heavy atom. The molecule has 1 aliphatic carbocycles. The van der Waals surface area contributed by atoms with Crippen molar-refractivity contribution in [2.45, 2.75) is 90.4 Å². The number of nitrogens with one attached hydrogen (secondary N) is 1. The molecule has 9 heteroatoms. The molecule has 0 bridgehead atoms. The lowest BCUT2D eigenvalue weighted by Crippen LogP contribution is -2.42. The summed E-state index contributed by atoms with van der Waals surface area (Å²) in [5, 5.41) is 13.8. The molecule has 2 aliphatic rings. The molecular weight excluding hydrogens is 432 g/mol. The Kier molecular flexibility index (Phi) is 6.06. The fourth-order valence-electron chi connectivity index (χ4n) is 5.31. The van der Waals surface area contributed by atoms with Crippen LogP contribution in [0.2, 0.25) is 0 Å². The molecule has 34 heavy (non-hydrogen) atoms. The predicted octanol–water partition coefficient (Wildman–Crippen LogP) is 4.28. The van der Waals surface area contributed by atoms with Crippen LogP contribution in [0.4, 0.5) is 0 Å². The van der Waals surface area contributed by atoms with Gasteiger partial charge in [0.15, 0.2) is 17.3 Å². The molecule has 3 aromatic rings. The summed E-state index contributed by atoms with van der Waals surface area (Å²) in [5.74, 6) is 2.24. The lowest BCUT2D eigenvalue weighted by Gasteiger charge is -2.39. The molecule has 2 aromatic heterocycles. The number of ether oxygens (including phenoxy) is 2. The standard InChI is InChI=1S/C25H34N6O3/c1-5-20(23-27-28-29-31(23)25(2,3)4)30(18-9-7-6-8-10-18)14-17-11-16-12-21-22(34-15-33-21)13-19(16)26-24(17)32/h11-13,18,20H,5-10,14-15H2,1-4H3,(H,26,32)/t20-/m1/s1. The van der Waals surface area contributed by atoms with Crippen LogP contribution in [0.15, 0.2) is 23.0 Å². The van der Waals surface area contributed by atoms with E-state index in [9.17, 15) is 4.79 Å². The molecule has 0 unspecified atom stereocenters. The Morgan fingerprint density at radius 3 is 2.59 bits per heavy atom. The summed E-state index contributed by atoms with van der Waals surface area (Å²) < 4.78 is 13.0. The van der Waals surface area contributed by atoms with Crippen LogP contribution in [0, 0.1) is 0 Å². The van der Waals surface area contributed by atoms with Gasteiger partial charge in [0.25, 0.3) is 5.56 Å². The molecule has 0 radical (unpaired) electrons. The van der Waals surface area contributed by atoms with Gasteiger partial charge in [-0.2, -0.15) is 0 Å². The van der Waals surface area contributed by atoms with Gasteiger partial charge in [-0.05, 0) is 62.6 Å². The van der Waals surface area contributed by atoms with Gasteiger partial charge in [0.1, 0.15) is 0 Å². The van der Waals surface area contributed by atoms with Crippen molar-refractivity contribution in [2.24, 2.45) is 0 Å². The number of aromatic nitrogens is 5. The van der Waals surface area contributed by atoms with Gasteiger partial charge in [0.05, 0.1) is 17.1 Å². The highest BCUT2D eigenvalue weighted by Gasteiger charge is 2.34. The molecule has 1 aromatic carbocycles. The third-order valence-corrected chi connectivity index (χ3v) is 7.03. The number of fused-ring (bicyclic) bond motifs is 2. The Balaban J connectivity index is 1.54. The number of aromatic amines is 1. The third kappa shape index (κ3) is 4.29. The van der Waals surface area contributed by atoms with E-state index in [1.165, 1.54) is 19.3 Å². The lowest BCUT2D eigenvalue weighted by molar-refractivity contribution is 0.0810. The van der Waals surface area contributed by atoms with E-state index in [0.717, 1.165) is 41.6 Å². The number of hydrogen-bond donors (Lipinski definition) is 1. The molecule has 1 fully saturated rings. The van der Waals surface area contributed by atoms with Crippen LogP contribution < -0.4 is 15.0 Å². The van der Waals surface area contributed by atoms with E-state index in [1.54, 1.807) is 0 Å². The fraction of sp³-hybridized carbons (Fsp3) is 0.600. The number of hydrogen-bond acceptors (Lipinski definition) is 7. The summed E-state index contributed by atoms with van der Waals surface area (Å²) in [6.45, 7) is 9.26. The molecule has 3 heterocycles. The molecule has 1 atom stereocenters. The Bertz CT molecular complexity index is 1220. The highest BCUT2D eigenvalue weighted by molar-refractivity contribution is 5.83. The SMILES string of the molecule is CC[C@H](c1nnnn1C(C)(C)C)N(Cc1cc2cc3c(cc2[nH]c1=O)OCO3)C1CCCCC1. The van der Waals surface area contributed by atoms with Crippen molar-refractivity contribution in [1.29, 1.82) is 0 Å². The van der Waals surface area contributed by atoms with Crippen LogP contribution in [0.5, 0.6) is 11.5 Å². The molecule has 182 valence electrons. The molecule has 1 N–H and O–H groups in total. The van der Waals surface area contributed by atoms with Gasteiger partial charge in [0.2, 0.25) is 6.79 Å². The van der Waals surface area contributed by atoms with E-state index < -0.39 is 0 Å². The van der Waals surface area contributed by atoms with Crippen LogP contribution in [0.3, 0.4) is 0 Å². The Morgan fingerprint density at radius 1 is 1.15 bits per heavy atom. The molecule has 0 amide bonds. The first-order valence-electron chi connectivity index (χ1n) is 12.3. The topological polar surface area (TPSA) is 98.2 Å². The maximum absolute atomic E-state index is 13.2. The number of H-pyrrole nitrogens is 1. The molecule has 1 aliphatic heterocycles. The maximum Gasteiger partial charge on any atom is 0.252 e. The van der Waals surface area contributed by atoms with Crippen molar-refractivity contribution >= 4 is 10.9 Å². The normalized spacial score (nSPS) is 17.6. The van der Waals surface area contributed by atoms with Gasteiger partial charge in [-0.1, -0.05) is 26.2 Å². The number of benzene rings is 1. The molecule has 9 nitrogen and oxygen atoms in total. The van der Waals surface area contributed by atoms with Crippen molar-refractivity contribution in [3.05, 3.63) is 39.9 Å². The van der Waals surface area contributed by atoms with Crippen molar-refractivity contribution in [3.8, 4) is 11.5 Å². The predicted molar refractivity (Wildman–Crippen MR) is 129 cm³/mol. The zero-order valence-electron chi connectivity index (χ0n) is 20.5. The molecule has 0 spiro atoms. The maximum atomic E-state index is 13.2. The Labute approximate surface area is 199 Å². The average molecular weight is 467 g/mol.